The highest BCUT2D eigenvalue weighted by Gasteiger charge is 2.80. The lowest BCUT2D eigenvalue weighted by molar-refractivity contribution is -0.428. The molecule has 0 N–H and O–H groups in total. The minimum Gasteiger partial charge on any atom is -0.355 e. The fourth-order valence-corrected chi connectivity index (χ4v) is 8.22. The SMILES string of the molecule is CC(C)C(C)C1CC(C(OCOCC2CCCCC2)(C(F)(F)F)C(F)(F)F)CC(C(OCOCC2CCCCC2)(C(F)(F)F)C(F)(F)F)C1. The van der Waals surface area contributed by atoms with Crippen LogP contribution in [0.5, 0.6) is 0 Å². The first kappa shape index (κ1) is 42.4. The Morgan fingerprint density at radius 3 is 1.10 bits per heavy atom. The number of alkyl halides is 12. The van der Waals surface area contributed by atoms with E-state index < -0.39 is 98.3 Å². The van der Waals surface area contributed by atoms with Crippen molar-refractivity contribution in [1.29, 1.82) is 0 Å². The number of rotatable bonds is 14. The van der Waals surface area contributed by atoms with Gasteiger partial charge in [0.15, 0.2) is 0 Å². The molecular formula is C33H50F12O4. The Hall–Kier alpha value is -1.00. The molecule has 0 spiro atoms. The third kappa shape index (κ3) is 9.71. The smallest absolute Gasteiger partial charge is 0.355 e. The standard InChI is InChI=1S/C33H50F12O4/c1-21(2)22(3)25-14-26(28(30(34,35)36,31(37,38)39)48-19-46-17-23-10-6-4-7-11-23)16-27(15-25)29(32(40,41)42,33(43,44)45)49-20-47-18-24-12-8-5-9-13-24/h21-27H,4-20H2,1-3H3. The lowest BCUT2D eigenvalue weighted by Crippen LogP contribution is -2.68. The molecule has 3 saturated carbocycles. The van der Waals surface area contributed by atoms with Crippen LogP contribution in [0.15, 0.2) is 0 Å². The lowest BCUT2D eigenvalue weighted by atomic mass is 9.60. The molecule has 3 fully saturated rings. The first-order chi connectivity index (χ1) is 22.6. The summed E-state index contributed by atoms with van der Waals surface area (Å²) >= 11 is 0. The summed E-state index contributed by atoms with van der Waals surface area (Å²) in [6.07, 6.45) is -21.2. The average Bonchev–Trinajstić information content (AvgIpc) is 2.98. The predicted molar refractivity (Wildman–Crippen MR) is 155 cm³/mol. The lowest BCUT2D eigenvalue weighted by Gasteiger charge is -2.52. The van der Waals surface area contributed by atoms with Crippen LogP contribution in [0.25, 0.3) is 0 Å². The summed E-state index contributed by atoms with van der Waals surface area (Å²) in [7, 11) is 0. The molecule has 3 rings (SSSR count). The zero-order valence-electron chi connectivity index (χ0n) is 28.2. The number of hydrogen-bond donors (Lipinski definition) is 0. The molecule has 0 amide bonds. The Bertz CT molecular complexity index is 884. The molecule has 0 saturated heterocycles. The molecule has 0 heterocycles. The summed E-state index contributed by atoms with van der Waals surface area (Å²) in [5, 5.41) is 0. The van der Waals surface area contributed by atoms with Crippen LogP contribution in [0.3, 0.4) is 0 Å². The molecule has 49 heavy (non-hydrogen) atoms. The van der Waals surface area contributed by atoms with E-state index in [0.29, 0.717) is 25.7 Å². The fourth-order valence-electron chi connectivity index (χ4n) is 8.22. The third-order valence-electron chi connectivity index (χ3n) is 11.3. The second kappa shape index (κ2) is 16.8. The highest BCUT2D eigenvalue weighted by atomic mass is 19.4. The van der Waals surface area contributed by atoms with E-state index in [-0.39, 0.29) is 25.0 Å². The molecule has 4 nitrogen and oxygen atoms in total. The molecule has 0 radical (unpaired) electrons. The molecule has 16 heteroatoms. The van der Waals surface area contributed by atoms with Crippen molar-refractivity contribution in [2.24, 2.45) is 41.4 Å². The van der Waals surface area contributed by atoms with Gasteiger partial charge in [-0.25, -0.2) is 0 Å². The van der Waals surface area contributed by atoms with Crippen molar-refractivity contribution >= 4 is 0 Å². The van der Waals surface area contributed by atoms with Gasteiger partial charge in [-0.3, -0.25) is 0 Å². The van der Waals surface area contributed by atoms with E-state index in [2.05, 4.69) is 9.47 Å². The van der Waals surface area contributed by atoms with E-state index in [9.17, 15) is 52.7 Å². The van der Waals surface area contributed by atoms with Gasteiger partial charge in [0.2, 0.25) is 0 Å². The molecule has 3 atom stereocenters. The summed E-state index contributed by atoms with van der Waals surface area (Å²) < 4.78 is 198. The molecule has 290 valence electrons. The van der Waals surface area contributed by atoms with Crippen LogP contribution >= 0.6 is 0 Å². The summed E-state index contributed by atoms with van der Waals surface area (Å²) in [4.78, 5) is 0. The van der Waals surface area contributed by atoms with E-state index in [1.807, 2.05) is 0 Å². The van der Waals surface area contributed by atoms with Gasteiger partial charge in [0.1, 0.15) is 13.6 Å². The van der Waals surface area contributed by atoms with Gasteiger partial charge < -0.3 is 18.9 Å². The molecule has 0 aliphatic heterocycles. The third-order valence-corrected chi connectivity index (χ3v) is 11.3. The highest BCUT2D eigenvalue weighted by Crippen LogP contribution is 2.61. The summed E-state index contributed by atoms with van der Waals surface area (Å²) in [6.45, 7) is 1.06. The fraction of sp³-hybridized carbons (Fsp3) is 1.00. The van der Waals surface area contributed by atoms with Gasteiger partial charge in [-0.15, -0.1) is 0 Å². The predicted octanol–water partition coefficient (Wildman–Crippen LogP) is 11.2. The highest BCUT2D eigenvalue weighted by molar-refractivity contribution is 5.10. The van der Waals surface area contributed by atoms with Crippen molar-refractivity contribution in [2.45, 2.75) is 140 Å². The van der Waals surface area contributed by atoms with Crippen LogP contribution in [0.2, 0.25) is 0 Å². The van der Waals surface area contributed by atoms with Gasteiger partial charge in [0.05, 0.1) is 13.2 Å². The number of hydrogen-bond acceptors (Lipinski definition) is 4. The quantitative estimate of drug-likeness (QED) is 0.101. The van der Waals surface area contributed by atoms with E-state index in [1.54, 1.807) is 0 Å². The molecule has 0 aromatic carbocycles. The summed E-state index contributed by atoms with van der Waals surface area (Å²) in [6, 6.07) is 0. The first-order valence-electron chi connectivity index (χ1n) is 17.3. The van der Waals surface area contributed by atoms with Crippen LogP contribution in [0, 0.1) is 41.4 Å². The number of halogens is 12. The van der Waals surface area contributed by atoms with E-state index in [0.717, 1.165) is 38.5 Å². The molecule has 3 aliphatic carbocycles. The Kier molecular flexibility index (Phi) is 14.5. The Labute approximate surface area is 280 Å². The maximum atomic E-state index is 14.8. The average molecular weight is 739 g/mol. The normalized spacial score (nSPS) is 25.6. The van der Waals surface area contributed by atoms with Gasteiger partial charge >= 0.3 is 24.7 Å². The molecule has 0 aromatic heterocycles. The van der Waals surface area contributed by atoms with Crippen molar-refractivity contribution < 1.29 is 71.6 Å². The van der Waals surface area contributed by atoms with E-state index >= 15 is 0 Å². The Balaban J connectivity index is 2.04. The van der Waals surface area contributed by atoms with E-state index in [1.165, 1.54) is 20.8 Å². The maximum Gasteiger partial charge on any atom is 0.426 e. The molecule has 3 unspecified atom stereocenters. The van der Waals surface area contributed by atoms with Gasteiger partial charge in [-0.2, -0.15) is 52.7 Å². The number of ether oxygens (including phenoxy) is 4. The van der Waals surface area contributed by atoms with Crippen LogP contribution in [0.4, 0.5) is 52.7 Å². The first-order valence-corrected chi connectivity index (χ1v) is 17.3. The monoisotopic (exact) mass is 738 g/mol. The zero-order valence-corrected chi connectivity index (χ0v) is 28.2. The van der Waals surface area contributed by atoms with Gasteiger partial charge in [0.25, 0.3) is 11.2 Å². The van der Waals surface area contributed by atoms with Crippen LogP contribution in [-0.2, 0) is 18.9 Å². The minimum absolute atomic E-state index is 0.129. The maximum absolute atomic E-state index is 14.8. The summed E-state index contributed by atoms with van der Waals surface area (Å²) in [5.74, 6) is -8.78. The van der Waals surface area contributed by atoms with Gasteiger partial charge in [-0.05, 0) is 74.5 Å². The van der Waals surface area contributed by atoms with Crippen molar-refractivity contribution in [2.75, 3.05) is 26.8 Å². The Morgan fingerprint density at radius 2 is 0.816 bits per heavy atom. The van der Waals surface area contributed by atoms with Crippen LogP contribution in [-0.4, -0.2) is 62.7 Å². The van der Waals surface area contributed by atoms with Crippen LogP contribution in [0.1, 0.15) is 104 Å². The molecule has 0 aromatic rings. The molecule has 0 bridgehead atoms. The second-order valence-corrected chi connectivity index (χ2v) is 14.7. The topological polar surface area (TPSA) is 36.9 Å². The summed E-state index contributed by atoms with van der Waals surface area (Å²) in [5.41, 5.74) is -10.2. The largest absolute Gasteiger partial charge is 0.426 e. The van der Waals surface area contributed by atoms with Crippen molar-refractivity contribution in [1.82, 2.24) is 0 Å². The minimum atomic E-state index is -6.28. The van der Waals surface area contributed by atoms with E-state index in [4.69, 9.17) is 9.47 Å². The second-order valence-electron chi connectivity index (χ2n) is 14.7. The van der Waals surface area contributed by atoms with Crippen molar-refractivity contribution in [3.63, 3.8) is 0 Å². The molecular weight excluding hydrogens is 688 g/mol. The van der Waals surface area contributed by atoms with Gasteiger partial charge in [-0.1, -0.05) is 59.3 Å². The van der Waals surface area contributed by atoms with Crippen molar-refractivity contribution in [3.05, 3.63) is 0 Å². The van der Waals surface area contributed by atoms with Crippen LogP contribution < -0.4 is 0 Å². The zero-order chi connectivity index (χ0) is 36.9. The molecule has 3 aliphatic rings. The van der Waals surface area contributed by atoms with Gasteiger partial charge in [0, 0.05) is 11.8 Å². The Morgan fingerprint density at radius 1 is 0.490 bits per heavy atom. The van der Waals surface area contributed by atoms with Crippen molar-refractivity contribution in [3.8, 4) is 0 Å².